The smallest absolute Gasteiger partial charge is 0.419 e. The van der Waals surface area contributed by atoms with Gasteiger partial charge in [-0.3, -0.25) is 9.36 Å². The third-order valence-electron chi connectivity index (χ3n) is 8.08. The Morgan fingerprint density at radius 2 is 1.90 bits per heavy atom. The van der Waals surface area contributed by atoms with Crippen LogP contribution in [0.15, 0.2) is 51.9 Å². The molecule has 0 saturated carbocycles. The summed E-state index contributed by atoms with van der Waals surface area (Å²) in [6.07, 6.45) is 3.72. The molecule has 0 unspecified atom stereocenters. The molecule has 2 amide bonds. The van der Waals surface area contributed by atoms with Gasteiger partial charge in [0.15, 0.2) is 5.58 Å². The zero-order chi connectivity index (χ0) is 28.7. The van der Waals surface area contributed by atoms with Crippen LogP contribution in [-0.2, 0) is 13.0 Å². The summed E-state index contributed by atoms with van der Waals surface area (Å²) in [5, 5.41) is 3.06. The molecule has 6 rings (SSSR count). The predicted molar refractivity (Wildman–Crippen MR) is 154 cm³/mol. The molecule has 2 aliphatic heterocycles. The Bertz CT molecular complexity index is 1700. The first kappa shape index (κ1) is 26.5. The van der Waals surface area contributed by atoms with Gasteiger partial charge in [0.2, 0.25) is 5.78 Å². The van der Waals surface area contributed by atoms with Crippen molar-refractivity contribution in [2.75, 3.05) is 37.0 Å². The van der Waals surface area contributed by atoms with Gasteiger partial charge in [-0.1, -0.05) is 0 Å². The second-order valence-electron chi connectivity index (χ2n) is 10.5. The van der Waals surface area contributed by atoms with E-state index in [1.165, 1.54) is 6.33 Å². The van der Waals surface area contributed by atoms with E-state index in [1.807, 2.05) is 36.9 Å². The van der Waals surface area contributed by atoms with E-state index in [4.69, 9.17) is 9.15 Å². The summed E-state index contributed by atoms with van der Waals surface area (Å²) in [6.45, 7) is 6.24. The number of nitrogens with zero attached hydrogens (tertiary/aromatic N) is 5. The molecule has 11 heteroatoms. The van der Waals surface area contributed by atoms with Crippen molar-refractivity contribution < 1.29 is 18.7 Å². The third kappa shape index (κ3) is 4.92. The fourth-order valence-corrected chi connectivity index (χ4v) is 5.93. The molecule has 4 heterocycles. The number of ether oxygens (including phenoxy) is 1. The number of hydrogen-bond donors (Lipinski definition) is 1. The molecule has 212 valence electrons. The number of rotatable bonds is 6. The van der Waals surface area contributed by atoms with Gasteiger partial charge in [0.05, 0.1) is 12.6 Å². The first-order valence-electron chi connectivity index (χ1n) is 13.9. The summed E-state index contributed by atoms with van der Waals surface area (Å²) in [7, 11) is 1.64. The van der Waals surface area contributed by atoms with Gasteiger partial charge in [0.25, 0.3) is 0 Å². The van der Waals surface area contributed by atoms with Crippen molar-refractivity contribution in [2.45, 2.75) is 45.7 Å². The van der Waals surface area contributed by atoms with E-state index in [0.29, 0.717) is 48.7 Å². The van der Waals surface area contributed by atoms with E-state index in [2.05, 4.69) is 20.2 Å². The largest absolute Gasteiger partial charge is 0.497 e. The summed E-state index contributed by atoms with van der Waals surface area (Å²) in [4.78, 5) is 51.4. The van der Waals surface area contributed by atoms with Crippen molar-refractivity contribution in [3.63, 3.8) is 0 Å². The fraction of sp³-hybridized carbons (Fsp3) is 0.367. The predicted octanol–water partition coefficient (Wildman–Crippen LogP) is 4.01. The summed E-state index contributed by atoms with van der Waals surface area (Å²) in [5.74, 6) is 0.742. The minimum Gasteiger partial charge on any atom is -0.497 e. The third-order valence-corrected chi connectivity index (χ3v) is 8.08. The van der Waals surface area contributed by atoms with Gasteiger partial charge in [-0.05, 0) is 74.6 Å². The number of piperidine rings is 1. The molecule has 0 bridgehead atoms. The number of ketones is 1. The van der Waals surface area contributed by atoms with Crippen molar-refractivity contribution in [1.82, 2.24) is 19.4 Å². The first-order chi connectivity index (χ1) is 19.9. The van der Waals surface area contributed by atoms with Gasteiger partial charge in [-0.2, -0.15) is 0 Å². The number of aromatic nitrogens is 3. The normalized spacial score (nSPS) is 15.9. The highest BCUT2D eigenvalue weighted by molar-refractivity contribution is 6.09. The number of carbonyl (C=O) groups is 2. The van der Waals surface area contributed by atoms with E-state index in [1.54, 1.807) is 29.9 Å². The molecular weight excluding hydrogens is 524 g/mol. The number of amides is 2. The molecule has 41 heavy (non-hydrogen) atoms. The molecule has 1 N–H and O–H groups in total. The number of carbonyl (C=O) groups excluding carboxylic acids is 2. The summed E-state index contributed by atoms with van der Waals surface area (Å²) in [5.41, 5.74) is 4.44. The Labute approximate surface area is 236 Å². The van der Waals surface area contributed by atoms with E-state index in [0.717, 1.165) is 41.8 Å². The van der Waals surface area contributed by atoms with Crippen molar-refractivity contribution in [3.8, 4) is 5.75 Å². The van der Waals surface area contributed by atoms with Crippen LogP contribution in [0.25, 0.3) is 11.1 Å². The van der Waals surface area contributed by atoms with E-state index in [9.17, 15) is 14.4 Å². The van der Waals surface area contributed by atoms with Crippen LogP contribution in [0.3, 0.4) is 0 Å². The molecule has 2 aromatic heterocycles. The Kier molecular flexibility index (Phi) is 6.94. The Balaban J connectivity index is 1.14. The Morgan fingerprint density at radius 3 is 2.66 bits per heavy atom. The van der Waals surface area contributed by atoms with Crippen LogP contribution in [0.4, 0.5) is 16.3 Å². The maximum Gasteiger partial charge on any atom is 0.419 e. The van der Waals surface area contributed by atoms with Crippen LogP contribution in [0, 0.1) is 6.92 Å². The van der Waals surface area contributed by atoms with E-state index >= 15 is 0 Å². The summed E-state index contributed by atoms with van der Waals surface area (Å²) in [6, 6.07) is 10.8. The maximum absolute atomic E-state index is 13.4. The minimum absolute atomic E-state index is 0.0836. The zero-order valence-corrected chi connectivity index (χ0v) is 23.3. The molecule has 1 fully saturated rings. The summed E-state index contributed by atoms with van der Waals surface area (Å²) >= 11 is 0. The number of hydrogen-bond acceptors (Lipinski definition) is 8. The molecule has 0 atom stereocenters. The number of benzene rings is 2. The fourth-order valence-electron chi connectivity index (χ4n) is 5.93. The number of aryl methyl sites for hydroxylation is 2. The number of nitrogens with one attached hydrogen (secondary N) is 1. The highest BCUT2D eigenvalue weighted by Gasteiger charge is 2.31. The highest BCUT2D eigenvalue weighted by atomic mass is 16.5. The quantitative estimate of drug-likeness (QED) is 0.354. The number of anilines is 2. The van der Waals surface area contributed by atoms with Crippen LogP contribution in [0.2, 0.25) is 0 Å². The van der Waals surface area contributed by atoms with Gasteiger partial charge in [0, 0.05) is 49.5 Å². The molecule has 11 nitrogen and oxygen atoms in total. The first-order valence-corrected chi connectivity index (χ1v) is 13.9. The molecular formula is C30H32N6O5. The van der Waals surface area contributed by atoms with Gasteiger partial charge in [-0.15, -0.1) is 0 Å². The Morgan fingerprint density at radius 1 is 1.10 bits per heavy atom. The number of methoxy groups -OCH3 is 1. The maximum atomic E-state index is 13.4. The number of fused-ring (bicyclic) bond motifs is 2. The van der Waals surface area contributed by atoms with Gasteiger partial charge in [-0.25, -0.2) is 19.6 Å². The Hall–Kier alpha value is -4.67. The van der Waals surface area contributed by atoms with Gasteiger partial charge >= 0.3 is 11.8 Å². The molecule has 4 aromatic rings. The van der Waals surface area contributed by atoms with Crippen LogP contribution < -0.4 is 20.7 Å². The number of urea groups is 1. The molecule has 0 radical (unpaired) electrons. The molecule has 2 aromatic carbocycles. The molecule has 1 saturated heterocycles. The molecule has 2 aliphatic rings. The van der Waals surface area contributed by atoms with Crippen molar-refractivity contribution in [2.24, 2.45) is 0 Å². The van der Waals surface area contributed by atoms with Crippen LogP contribution >= 0.6 is 0 Å². The standard InChI is InChI=1S/C30H32N6O5/c1-4-35-27-18(2)13-20(15-25(27)41-30(35)39)28(37)24-16-26(32-17-31-24)34-10-8-21(9-11-34)36-12-7-19-14-22(40-3)5-6-23(19)33-29(36)38/h5-6,13-17,21H,4,7-12H2,1-3H3,(H,33,38). The zero-order valence-electron chi connectivity index (χ0n) is 23.3. The topological polar surface area (TPSA) is 123 Å². The van der Waals surface area contributed by atoms with Crippen LogP contribution in [-0.4, -0.2) is 64.0 Å². The van der Waals surface area contributed by atoms with Crippen molar-refractivity contribution in [3.05, 3.63) is 75.7 Å². The summed E-state index contributed by atoms with van der Waals surface area (Å²) < 4.78 is 12.3. The van der Waals surface area contributed by atoms with Crippen LogP contribution in [0.5, 0.6) is 5.75 Å². The average Bonchev–Trinajstić information content (AvgIpc) is 3.23. The van der Waals surface area contributed by atoms with Crippen LogP contribution in [0.1, 0.15) is 46.9 Å². The lowest BCUT2D eigenvalue weighted by Crippen LogP contribution is -2.49. The lowest BCUT2D eigenvalue weighted by atomic mass is 10.0. The van der Waals surface area contributed by atoms with E-state index in [-0.39, 0.29) is 23.6 Å². The van der Waals surface area contributed by atoms with Gasteiger partial charge in [0.1, 0.15) is 23.6 Å². The monoisotopic (exact) mass is 556 g/mol. The van der Waals surface area contributed by atoms with Crippen molar-refractivity contribution >= 4 is 34.4 Å². The number of oxazole rings is 1. The molecule has 0 spiro atoms. The lowest BCUT2D eigenvalue weighted by Gasteiger charge is -2.38. The second kappa shape index (κ2) is 10.7. The minimum atomic E-state index is -0.439. The molecule has 0 aliphatic carbocycles. The SMILES string of the molecule is CCn1c(=O)oc2cc(C(=O)c3cc(N4CCC(N5CCc6cc(OC)ccc6NC5=O)CC4)ncn3)cc(C)c21. The van der Waals surface area contributed by atoms with E-state index < -0.39 is 5.76 Å². The highest BCUT2D eigenvalue weighted by Crippen LogP contribution is 2.29. The lowest BCUT2D eigenvalue weighted by molar-refractivity contribution is 0.103. The van der Waals surface area contributed by atoms with Gasteiger partial charge < -0.3 is 24.3 Å². The second-order valence-corrected chi connectivity index (χ2v) is 10.5. The van der Waals surface area contributed by atoms with Crippen molar-refractivity contribution in [1.29, 1.82) is 0 Å². The average molecular weight is 557 g/mol.